The molecule has 1 aromatic heterocycles. The summed E-state index contributed by atoms with van der Waals surface area (Å²) in [5.41, 5.74) is -0.778. The van der Waals surface area contributed by atoms with Crippen LogP contribution in [0.5, 0.6) is 0 Å². The molecule has 1 aliphatic rings. The Kier molecular flexibility index (Phi) is 4.56. The molecule has 0 saturated carbocycles. The van der Waals surface area contributed by atoms with Gasteiger partial charge in [0.2, 0.25) is 0 Å². The van der Waals surface area contributed by atoms with Crippen LogP contribution in [0.3, 0.4) is 0 Å². The lowest BCUT2D eigenvalue weighted by atomic mass is 9.84. The van der Waals surface area contributed by atoms with E-state index in [0.717, 1.165) is 4.88 Å². The zero-order valence-corrected chi connectivity index (χ0v) is 13.5. The number of amides is 2. The predicted molar refractivity (Wildman–Crippen MR) is 82.6 cm³/mol. The third-order valence-electron chi connectivity index (χ3n) is 4.30. The molecule has 0 bridgehead atoms. The molecule has 5 nitrogen and oxygen atoms in total. The number of hydrogen-bond donors (Lipinski definition) is 2. The topological polar surface area (TPSA) is 69.6 Å². The maximum Gasteiger partial charge on any atom is 0.317 e. The van der Waals surface area contributed by atoms with Crippen molar-refractivity contribution in [2.45, 2.75) is 39.7 Å². The van der Waals surface area contributed by atoms with Gasteiger partial charge in [-0.2, -0.15) is 0 Å². The molecule has 2 atom stereocenters. The number of carboxylic acids is 1. The van der Waals surface area contributed by atoms with Gasteiger partial charge in [0.25, 0.3) is 0 Å². The normalized spacial score (nSPS) is 23.1. The molecular formula is C15H22N2O3S. The zero-order valence-electron chi connectivity index (χ0n) is 12.7. The highest BCUT2D eigenvalue weighted by Gasteiger charge is 2.44. The minimum Gasteiger partial charge on any atom is -0.481 e. The first kappa shape index (κ1) is 15.8. The van der Waals surface area contributed by atoms with Crippen molar-refractivity contribution in [1.82, 2.24) is 10.2 Å². The van der Waals surface area contributed by atoms with Crippen LogP contribution in [0, 0.1) is 12.3 Å². The van der Waals surface area contributed by atoms with Crippen LogP contribution in [0.25, 0.3) is 0 Å². The number of carbonyl (C=O) groups is 2. The van der Waals surface area contributed by atoms with Crippen molar-refractivity contribution in [1.29, 1.82) is 0 Å². The summed E-state index contributed by atoms with van der Waals surface area (Å²) in [7, 11) is 0. The quantitative estimate of drug-likeness (QED) is 0.898. The smallest absolute Gasteiger partial charge is 0.317 e. The van der Waals surface area contributed by atoms with Gasteiger partial charge < -0.3 is 15.3 Å². The van der Waals surface area contributed by atoms with Crippen molar-refractivity contribution in [3.63, 3.8) is 0 Å². The first-order chi connectivity index (χ1) is 9.88. The van der Waals surface area contributed by atoms with Gasteiger partial charge in [-0.15, -0.1) is 11.3 Å². The molecule has 2 N–H and O–H groups in total. The fraction of sp³-hybridized carbons (Fsp3) is 0.600. The number of rotatable bonds is 4. The van der Waals surface area contributed by atoms with E-state index in [1.54, 1.807) is 16.2 Å². The van der Waals surface area contributed by atoms with Crippen molar-refractivity contribution in [2.24, 2.45) is 5.41 Å². The average Bonchev–Trinajstić information content (AvgIpc) is 3.05. The molecule has 0 aliphatic carbocycles. The monoisotopic (exact) mass is 310 g/mol. The fourth-order valence-electron chi connectivity index (χ4n) is 2.69. The third kappa shape index (κ3) is 3.20. The molecule has 0 radical (unpaired) electrons. The van der Waals surface area contributed by atoms with E-state index in [1.807, 2.05) is 32.9 Å². The number of nitrogens with one attached hydrogen (secondary N) is 1. The maximum absolute atomic E-state index is 12.3. The fourth-order valence-corrected chi connectivity index (χ4v) is 3.57. The molecule has 0 aromatic carbocycles. The summed E-state index contributed by atoms with van der Waals surface area (Å²) < 4.78 is 0. The Labute approximate surface area is 129 Å². The summed E-state index contributed by atoms with van der Waals surface area (Å²) in [6.07, 6.45) is 1.07. The Bertz CT molecular complexity index is 543. The minimum atomic E-state index is -0.803. The van der Waals surface area contributed by atoms with E-state index in [0.29, 0.717) is 25.9 Å². The second-order valence-electron chi connectivity index (χ2n) is 5.73. The summed E-state index contributed by atoms with van der Waals surface area (Å²) in [4.78, 5) is 27.6. The van der Waals surface area contributed by atoms with Crippen LogP contribution in [0.15, 0.2) is 12.1 Å². The molecule has 1 aliphatic heterocycles. The molecule has 0 spiro atoms. The molecule has 1 aromatic rings. The van der Waals surface area contributed by atoms with Gasteiger partial charge in [0.15, 0.2) is 0 Å². The zero-order chi connectivity index (χ0) is 15.6. The minimum absolute atomic E-state index is 0.0577. The van der Waals surface area contributed by atoms with E-state index in [2.05, 4.69) is 5.32 Å². The van der Waals surface area contributed by atoms with Gasteiger partial charge in [-0.1, -0.05) is 6.92 Å². The molecular weight excluding hydrogens is 288 g/mol. The SMILES string of the molecule is CCC1(C(=O)O)CCN(C(=O)NC(C)c2ccc(C)s2)C1. The van der Waals surface area contributed by atoms with Crippen molar-refractivity contribution in [3.05, 3.63) is 21.9 Å². The molecule has 116 valence electrons. The predicted octanol–water partition coefficient (Wildman–Crippen LogP) is 3.01. The van der Waals surface area contributed by atoms with E-state index in [-0.39, 0.29) is 12.1 Å². The van der Waals surface area contributed by atoms with Gasteiger partial charge in [0.1, 0.15) is 0 Å². The Morgan fingerprint density at radius 3 is 2.71 bits per heavy atom. The number of likely N-dealkylation sites (tertiary alicyclic amines) is 1. The lowest BCUT2D eigenvalue weighted by molar-refractivity contribution is -0.148. The Hall–Kier alpha value is -1.56. The van der Waals surface area contributed by atoms with E-state index < -0.39 is 11.4 Å². The van der Waals surface area contributed by atoms with Crippen molar-refractivity contribution >= 4 is 23.3 Å². The third-order valence-corrected chi connectivity index (χ3v) is 5.48. The van der Waals surface area contributed by atoms with Crippen LogP contribution >= 0.6 is 11.3 Å². The number of carboxylic acid groups (broad SMARTS) is 1. The average molecular weight is 310 g/mol. The number of aliphatic carboxylic acids is 1. The van der Waals surface area contributed by atoms with Crippen LogP contribution in [0.1, 0.15) is 42.5 Å². The second-order valence-corrected chi connectivity index (χ2v) is 7.05. The summed E-state index contributed by atoms with van der Waals surface area (Å²) in [6, 6.07) is 3.82. The van der Waals surface area contributed by atoms with E-state index >= 15 is 0 Å². The van der Waals surface area contributed by atoms with Crippen LogP contribution in [0.4, 0.5) is 4.79 Å². The molecule has 2 unspecified atom stereocenters. The van der Waals surface area contributed by atoms with E-state index in [4.69, 9.17) is 0 Å². The van der Waals surface area contributed by atoms with Gasteiger partial charge >= 0.3 is 12.0 Å². The van der Waals surface area contributed by atoms with Crippen LogP contribution in [-0.2, 0) is 4.79 Å². The maximum atomic E-state index is 12.3. The number of carbonyl (C=O) groups excluding carboxylic acids is 1. The van der Waals surface area contributed by atoms with Crippen LogP contribution in [0.2, 0.25) is 0 Å². The largest absolute Gasteiger partial charge is 0.481 e. The summed E-state index contributed by atoms with van der Waals surface area (Å²) >= 11 is 1.66. The first-order valence-electron chi connectivity index (χ1n) is 7.23. The van der Waals surface area contributed by atoms with E-state index in [1.165, 1.54) is 4.88 Å². The second kappa shape index (κ2) is 6.05. The van der Waals surface area contributed by atoms with Gasteiger partial charge in [-0.3, -0.25) is 4.79 Å². The summed E-state index contributed by atoms with van der Waals surface area (Å²) in [6.45, 7) is 6.64. The Balaban J connectivity index is 1.97. The van der Waals surface area contributed by atoms with Gasteiger partial charge in [0.05, 0.1) is 11.5 Å². The molecule has 1 fully saturated rings. The number of aryl methyl sites for hydroxylation is 1. The Morgan fingerprint density at radius 2 is 2.24 bits per heavy atom. The molecule has 21 heavy (non-hydrogen) atoms. The Morgan fingerprint density at radius 1 is 1.52 bits per heavy atom. The highest BCUT2D eigenvalue weighted by Crippen LogP contribution is 2.34. The van der Waals surface area contributed by atoms with Crippen molar-refractivity contribution in [2.75, 3.05) is 13.1 Å². The number of urea groups is 1. The van der Waals surface area contributed by atoms with Crippen molar-refractivity contribution < 1.29 is 14.7 Å². The van der Waals surface area contributed by atoms with Crippen LogP contribution in [-0.4, -0.2) is 35.1 Å². The lowest BCUT2D eigenvalue weighted by Gasteiger charge is -2.24. The van der Waals surface area contributed by atoms with Crippen molar-refractivity contribution in [3.8, 4) is 0 Å². The number of hydrogen-bond acceptors (Lipinski definition) is 3. The molecule has 2 rings (SSSR count). The number of nitrogens with zero attached hydrogens (tertiary/aromatic N) is 1. The van der Waals surface area contributed by atoms with Gasteiger partial charge in [-0.05, 0) is 38.8 Å². The standard InChI is InChI=1S/C15H22N2O3S/c1-4-15(13(18)19)7-8-17(9-15)14(20)16-11(3)12-6-5-10(2)21-12/h5-6,11H,4,7-9H2,1-3H3,(H,16,20)(H,18,19). The van der Waals surface area contributed by atoms with Gasteiger partial charge in [0, 0.05) is 22.8 Å². The summed E-state index contributed by atoms with van der Waals surface area (Å²) in [5.74, 6) is -0.803. The highest BCUT2D eigenvalue weighted by molar-refractivity contribution is 7.12. The molecule has 2 amide bonds. The highest BCUT2D eigenvalue weighted by atomic mass is 32.1. The first-order valence-corrected chi connectivity index (χ1v) is 8.05. The molecule has 1 saturated heterocycles. The van der Waals surface area contributed by atoms with Crippen LogP contribution < -0.4 is 5.32 Å². The lowest BCUT2D eigenvalue weighted by Crippen LogP contribution is -2.42. The molecule has 2 heterocycles. The number of thiophene rings is 1. The summed E-state index contributed by atoms with van der Waals surface area (Å²) in [5, 5.41) is 12.3. The van der Waals surface area contributed by atoms with Gasteiger partial charge in [-0.25, -0.2) is 4.79 Å². The van der Waals surface area contributed by atoms with E-state index in [9.17, 15) is 14.7 Å². The molecule has 6 heteroatoms.